The molecule has 0 aromatic heterocycles. The molecule has 4 nitrogen and oxygen atoms in total. The number of amides is 1. The van der Waals surface area contributed by atoms with Gasteiger partial charge in [-0.25, -0.2) is 0 Å². The lowest BCUT2D eigenvalue weighted by Gasteiger charge is -2.32. The van der Waals surface area contributed by atoms with Crippen molar-refractivity contribution in [1.29, 1.82) is 0 Å². The number of likely N-dealkylation sites (tertiary alicyclic amines) is 1. The van der Waals surface area contributed by atoms with Gasteiger partial charge in [0.05, 0.1) is 6.54 Å². The lowest BCUT2D eigenvalue weighted by Crippen LogP contribution is -2.40. The van der Waals surface area contributed by atoms with E-state index >= 15 is 0 Å². The van der Waals surface area contributed by atoms with E-state index in [1.54, 1.807) is 0 Å². The molecular formula is C15H26F3N3O. The molecule has 0 aromatic carbocycles. The van der Waals surface area contributed by atoms with E-state index in [1.807, 2.05) is 0 Å². The molecule has 7 heteroatoms. The van der Waals surface area contributed by atoms with Crippen LogP contribution in [0.3, 0.4) is 0 Å². The summed E-state index contributed by atoms with van der Waals surface area (Å²) in [6.45, 7) is 1.84. The number of hydrogen-bond donors (Lipinski definition) is 2. The van der Waals surface area contributed by atoms with Crippen molar-refractivity contribution in [3.05, 3.63) is 0 Å². The Bertz CT molecular complexity index is 348. The standard InChI is InChI=1S/C15H26F3N3O/c16-15(17,18)11-21-8-4-12(5-9-21)3-7-20-14(22)10-13-2-1-6-19-13/h12-13,19H,1-11H2,(H,20,22). The van der Waals surface area contributed by atoms with Gasteiger partial charge < -0.3 is 10.6 Å². The summed E-state index contributed by atoms with van der Waals surface area (Å²) in [7, 11) is 0. The van der Waals surface area contributed by atoms with Gasteiger partial charge in [0.2, 0.25) is 5.91 Å². The summed E-state index contributed by atoms with van der Waals surface area (Å²) in [5.41, 5.74) is 0. The summed E-state index contributed by atoms with van der Waals surface area (Å²) < 4.78 is 36.9. The minimum Gasteiger partial charge on any atom is -0.356 e. The molecule has 1 amide bonds. The molecule has 1 unspecified atom stereocenters. The summed E-state index contributed by atoms with van der Waals surface area (Å²) in [6, 6.07) is 0.311. The Kier molecular flexibility index (Phi) is 6.50. The molecule has 128 valence electrons. The molecule has 2 heterocycles. The number of halogens is 3. The van der Waals surface area contributed by atoms with Gasteiger partial charge >= 0.3 is 6.18 Å². The number of piperidine rings is 1. The second-order valence-corrected chi connectivity index (χ2v) is 6.47. The van der Waals surface area contributed by atoms with Crippen LogP contribution in [0.4, 0.5) is 13.2 Å². The van der Waals surface area contributed by atoms with E-state index in [0.29, 0.717) is 38.0 Å². The third kappa shape index (κ3) is 6.52. The second kappa shape index (κ2) is 8.15. The predicted octanol–water partition coefficient (Wildman–Crippen LogP) is 1.91. The number of rotatable bonds is 6. The normalized spacial score (nSPS) is 24.6. The summed E-state index contributed by atoms with van der Waals surface area (Å²) in [5, 5.41) is 6.23. The molecule has 2 aliphatic rings. The van der Waals surface area contributed by atoms with Crippen LogP contribution in [0.1, 0.15) is 38.5 Å². The molecule has 0 radical (unpaired) electrons. The van der Waals surface area contributed by atoms with Crippen LogP contribution in [-0.2, 0) is 4.79 Å². The first-order valence-electron chi connectivity index (χ1n) is 8.21. The van der Waals surface area contributed by atoms with Crippen molar-refractivity contribution >= 4 is 5.91 Å². The maximum absolute atomic E-state index is 12.3. The third-order valence-electron chi connectivity index (χ3n) is 4.58. The lowest BCUT2D eigenvalue weighted by molar-refractivity contribution is -0.148. The Balaban J connectivity index is 1.54. The van der Waals surface area contributed by atoms with Crippen LogP contribution in [0.5, 0.6) is 0 Å². The first kappa shape index (κ1) is 17.5. The van der Waals surface area contributed by atoms with Crippen molar-refractivity contribution in [2.45, 2.75) is 50.7 Å². The first-order valence-corrected chi connectivity index (χ1v) is 8.21. The van der Waals surface area contributed by atoms with Crippen LogP contribution in [0.25, 0.3) is 0 Å². The van der Waals surface area contributed by atoms with E-state index < -0.39 is 12.7 Å². The third-order valence-corrected chi connectivity index (χ3v) is 4.58. The molecule has 22 heavy (non-hydrogen) atoms. The number of nitrogens with one attached hydrogen (secondary N) is 2. The van der Waals surface area contributed by atoms with Gasteiger partial charge in [-0.05, 0) is 57.7 Å². The first-order chi connectivity index (χ1) is 10.4. The minimum absolute atomic E-state index is 0.0777. The number of carbonyl (C=O) groups is 1. The van der Waals surface area contributed by atoms with Crippen LogP contribution in [0, 0.1) is 5.92 Å². The van der Waals surface area contributed by atoms with Crippen molar-refractivity contribution < 1.29 is 18.0 Å². The number of carbonyl (C=O) groups excluding carboxylic acids is 1. The monoisotopic (exact) mass is 321 g/mol. The number of alkyl halides is 3. The van der Waals surface area contributed by atoms with Crippen LogP contribution in [-0.4, -0.2) is 55.7 Å². The predicted molar refractivity (Wildman–Crippen MR) is 78.5 cm³/mol. The van der Waals surface area contributed by atoms with Crippen LogP contribution < -0.4 is 10.6 Å². The van der Waals surface area contributed by atoms with Gasteiger partial charge in [0.15, 0.2) is 0 Å². The van der Waals surface area contributed by atoms with Crippen molar-refractivity contribution in [1.82, 2.24) is 15.5 Å². The van der Waals surface area contributed by atoms with E-state index in [1.165, 1.54) is 4.90 Å². The highest BCUT2D eigenvalue weighted by molar-refractivity contribution is 5.76. The summed E-state index contributed by atoms with van der Waals surface area (Å²) in [6.07, 6.45) is 1.06. The molecule has 1 atom stereocenters. The molecule has 0 spiro atoms. The van der Waals surface area contributed by atoms with Gasteiger partial charge in [0, 0.05) is 19.0 Å². The molecule has 2 aliphatic heterocycles. The van der Waals surface area contributed by atoms with Gasteiger partial charge in [-0.2, -0.15) is 13.2 Å². The molecular weight excluding hydrogens is 295 g/mol. The van der Waals surface area contributed by atoms with Gasteiger partial charge in [-0.1, -0.05) is 0 Å². The van der Waals surface area contributed by atoms with Gasteiger partial charge in [0.1, 0.15) is 0 Å². The number of nitrogens with zero attached hydrogens (tertiary/aromatic N) is 1. The van der Waals surface area contributed by atoms with E-state index in [9.17, 15) is 18.0 Å². The van der Waals surface area contributed by atoms with Crippen LogP contribution >= 0.6 is 0 Å². The van der Waals surface area contributed by atoms with E-state index in [4.69, 9.17) is 0 Å². The molecule has 0 bridgehead atoms. The largest absolute Gasteiger partial charge is 0.401 e. The highest BCUT2D eigenvalue weighted by atomic mass is 19.4. The SMILES string of the molecule is O=C(CC1CCCN1)NCCC1CCN(CC(F)(F)F)CC1. The van der Waals surface area contributed by atoms with E-state index in [2.05, 4.69) is 10.6 Å². The smallest absolute Gasteiger partial charge is 0.356 e. The molecule has 2 rings (SSSR count). The summed E-state index contributed by atoms with van der Waals surface area (Å²) in [5.74, 6) is 0.503. The lowest BCUT2D eigenvalue weighted by atomic mass is 9.93. The Morgan fingerprint density at radius 3 is 2.55 bits per heavy atom. The van der Waals surface area contributed by atoms with Crippen molar-refractivity contribution in [2.75, 3.05) is 32.7 Å². The van der Waals surface area contributed by atoms with Crippen LogP contribution in [0.15, 0.2) is 0 Å². The van der Waals surface area contributed by atoms with E-state index in [0.717, 1.165) is 38.6 Å². The summed E-state index contributed by atoms with van der Waals surface area (Å²) >= 11 is 0. The maximum atomic E-state index is 12.3. The Morgan fingerprint density at radius 2 is 1.95 bits per heavy atom. The minimum atomic E-state index is -4.10. The van der Waals surface area contributed by atoms with Gasteiger partial charge in [0.25, 0.3) is 0 Å². The second-order valence-electron chi connectivity index (χ2n) is 6.47. The zero-order valence-corrected chi connectivity index (χ0v) is 12.9. The highest BCUT2D eigenvalue weighted by Crippen LogP contribution is 2.24. The fraction of sp³-hybridized carbons (Fsp3) is 0.933. The van der Waals surface area contributed by atoms with Gasteiger partial charge in [-0.3, -0.25) is 9.69 Å². The topological polar surface area (TPSA) is 44.4 Å². The fourth-order valence-corrected chi connectivity index (χ4v) is 3.33. The zero-order chi connectivity index (χ0) is 16.0. The Morgan fingerprint density at radius 1 is 1.23 bits per heavy atom. The highest BCUT2D eigenvalue weighted by Gasteiger charge is 2.32. The maximum Gasteiger partial charge on any atom is 0.401 e. The van der Waals surface area contributed by atoms with Crippen molar-refractivity contribution in [2.24, 2.45) is 5.92 Å². The molecule has 2 saturated heterocycles. The van der Waals surface area contributed by atoms with E-state index in [-0.39, 0.29) is 5.91 Å². The zero-order valence-electron chi connectivity index (χ0n) is 12.9. The molecule has 0 saturated carbocycles. The Labute approximate surface area is 129 Å². The van der Waals surface area contributed by atoms with Gasteiger partial charge in [-0.15, -0.1) is 0 Å². The van der Waals surface area contributed by atoms with Crippen LogP contribution in [0.2, 0.25) is 0 Å². The van der Waals surface area contributed by atoms with Crippen molar-refractivity contribution in [3.8, 4) is 0 Å². The van der Waals surface area contributed by atoms with Crippen molar-refractivity contribution in [3.63, 3.8) is 0 Å². The average molecular weight is 321 g/mol. The number of hydrogen-bond acceptors (Lipinski definition) is 3. The quantitative estimate of drug-likeness (QED) is 0.785. The Hall–Kier alpha value is -0.820. The molecule has 0 aromatic rings. The molecule has 2 fully saturated rings. The summed E-state index contributed by atoms with van der Waals surface area (Å²) in [4.78, 5) is 13.2. The molecule has 2 N–H and O–H groups in total. The molecule has 0 aliphatic carbocycles. The average Bonchev–Trinajstić information content (AvgIpc) is 2.92. The fourth-order valence-electron chi connectivity index (χ4n) is 3.33.